The molecule has 5 nitrogen and oxygen atoms in total. The summed E-state index contributed by atoms with van der Waals surface area (Å²) in [5.74, 6) is -0.247. The largest absolute Gasteiger partial charge is 0.395 e. The number of nitrogens with zero attached hydrogens (tertiary/aromatic N) is 2. The zero-order valence-electron chi connectivity index (χ0n) is 12.3. The maximum absolute atomic E-state index is 12.2. The third-order valence-electron chi connectivity index (χ3n) is 2.96. The molecule has 0 aliphatic rings. The first-order valence-corrected chi connectivity index (χ1v) is 7.77. The van der Waals surface area contributed by atoms with Crippen molar-refractivity contribution in [1.29, 1.82) is 0 Å². The van der Waals surface area contributed by atoms with Gasteiger partial charge in [0.2, 0.25) is 0 Å². The van der Waals surface area contributed by atoms with Gasteiger partial charge >= 0.3 is 0 Å². The van der Waals surface area contributed by atoms with E-state index in [1.807, 2.05) is 54.8 Å². The van der Waals surface area contributed by atoms with Crippen LogP contribution in [0.15, 0.2) is 53.0 Å². The molecule has 116 valence electrons. The highest BCUT2D eigenvalue weighted by atomic mass is 32.1. The molecular weight excluding hydrogens is 300 g/mol. The molecule has 1 aromatic heterocycles. The number of carbonyl (C=O) groups excluding carboxylic acids is 1. The molecule has 2 aromatic rings. The zero-order valence-corrected chi connectivity index (χ0v) is 13.1. The van der Waals surface area contributed by atoms with E-state index in [1.165, 1.54) is 4.90 Å². The molecule has 6 heteroatoms. The molecular formula is C16H18N2O3S. The molecule has 1 amide bonds. The van der Waals surface area contributed by atoms with Gasteiger partial charge in [0, 0.05) is 12.2 Å². The number of thiophene rings is 1. The van der Waals surface area contributed by atoms with Crippen LogP contribution in [0.2, 0.25) is 0 Å². The van der Waals surface area contributed by atoms with E-state index >= 15 is 0 Å². The fourth-order valence-electron chi connectivity index (χ4n) is 1.90. The van der Waals surface area contributed by atoms with E-state index in [-0.39, 0.29) is 25.7 Å². The van der Waals surface area contributed by atoms with Gasteiger partial charge in [0.05, 0.1) is 17.2 Å². The third-order valence-corrected chi connectivity index (χ3v) is 3.94. The van der Waals surface area contributed by atoms with Crippen molar-refractivity contribution in [3.8, 4) is 0 Å². The van der Waals surface area contributed by atoms with Crippen LogP contribution in [0.1, 0.15) is 11.8 Å². The quantitative estimate of drug-likeness (QED) is 0.630. The molecule has 0 fully saturated rings. The Morgan fingerprint density at radius 2 is 2.05 bits per heavy atom. The van der Waals surface area contributed by atoms with Crippen LogP contribution in [0.25, 0.3) is 0 Å². The molecule has 1 aromatic carbocycles. The van der Waals surface area contributed by atoms with Gasteiger partial charge in [0.1, 0.15) is 0 Å². The minimum absolute atomic E-state index is 0.113. The Kier molecular flexibility index (Phi) is 6.12. The van der Waals surface area contributed by atoms with Crippen LogP contribution in [-0.4, -0.2) is 36.5 Å². The van der Waals surface area contributed by atoms with E-state index in [0.717, 1.165) is 16.3 Å². The van der Waals surface area contributed by atoms with Crippen molar-refractivity contribution in [3.63, 3.8) is 0 Å². The number of rotatable bonds is 7. The van der Waals surface area contributed by atoms with Crippen molar-refractivity contribution in [3.05, 3.63) is 52.7 Å². The number of para-hydroxylation sites is 1. The topological polar surface area (TPSA) is 62.1 Å². The maximum atomic E-state index is 12.2. The van der Waals surface area contributed by atoms with Gasteiger partial charge in [0.25, 0.3) is 5.91 Å². The van der Waals surface area contributed by atoms with Gasteiger partial charge in [-0.05, 0) is 30.5 Å². The summed E-state index contributed by atoms with van der Waals surface area (Å²) in [7, 11) is 0. The molecule has 0 bridgehead atoms. The van der Waals surface area contributed by atoms with Crippen LogP contribution in [-0.2, 0) is 9.63 Å². The zero-order chi connectivity index (χ0) is 15.8. The van der Waals surface area contributed by atoms with E-state index in [1.54, 1.807) is 11.3 Å². The Balaban J connectivity index is 1.96. The Morgan fingerprint density at radius 3 is 2.68 bits per heavy atom. The number of amides is 1. The number of hydrogen-bond acceptors (Lipinski definition) is 5. The van der Waals surface area contributed by atoms with Crippen LogP contribution in [0.4, 0.5) is 5.69 Å². The Bertz CT molecular complexity index is 612. The molecule has 1 heterocycles. The lowest BCUT2D eigenvalue weighted by atomic mass is 10.3. The number of oxime groups is 1. The van der Waals surface area contributed by atoms with Crippen molar-refractivity contribution in [2.24, 2.45) is 5.16 Å². The summed E-state index contributed by atoms with van der Waals surface area (Å²) in [4.78, 5) is 19.9. The fourth-order valence-corrected chi connectivity index (χ4v) is 2.57. The van der Waals surface area contributed by atoms with E-state index in [9.17, 15) is 4.79 Å². The second-order valence-corrected chi connectivity index (χ2v) is 5.48. The number of benzene rings is 1. The SMILES string of the molecule is C/C(=N/OCC(=O)N(CCO)c1ccccc1)c1cccs1. The fraction of sp³-hybridized carbons (Fsp3) is 0.250. The predicted molar refractivity (Wildman–Crippen MR) is 88.4 cm³/mol. The molecule has 2 rings (SSSR count). The molecule has 0 spiro atoms. The highest BCUT2D eigenvalue weighted by molar-refractivity contribution is 7.12. The van der Waals surface area contributed by atoms with Gasteiger partial charge in [-0.3, -0.25) is 4.79 Å². The third kappa shape index (κ3) is 4.41. The number of carbonyl (C=O) groups is 1. The van der Waals surface area contributed by atoms with Gasteiger partial charge in [-0.25, -0.2) is 0 Å². The van der Waals surface area contributed by atoms with Gasteiger partial charge in [0.15, 0.2) is 6.61 Å². The maximum Gasteiger partial charge on any atom is 0.267 e. The van der Waals surface area contributed by atoms with Crippen molar-refractivity contribution in [2.45, 2.75) is 6.92 Å². The van der Waals surface area contributed by atoms with Gasteiger partial charge in [-0.2, -0.15) is 0 Å². The summed E-state index contributed by atoms with van der Waals surface area (Å²) >= 11 is 1.56. The first-order valence-electron chi connectivity index (χ1n) is 6.89. The van der Waals surface area contributed by atoms with E-state index < -0.39 is 0 Å². The Morgan fingerprint density at radius 1 is 1.27 bits per heavy atom. The first-order chi connectivity index (χ1) is 10.7. The number of hydrogen-bond donors (Lipinski definition) is 1. The summed E-state index contributed by atoms with van der Waals surface area (Å²) < 4.78 is 0. The highest BCUT2D eigenvalue weighted by Crippen LogP contribution is 2.13. The van der Waals surface area contributed by atoms with Crippen LogP contribution in [0.3, 0.4) is 0 Å². The van der Waals surface area contributed by atoms with Crippen LogP contribution < -0.4 is 4.90 Å². The number of aliphatic hydroxyl groups is 1. The minimum atomic E-state index is -0.247. The average Bonchev–Trinajstić information content (AvgIpc) is 3.07. The van der Waals surface area contributed by atoms with E-state index in [4.69, 9.17) is 9.94 Å². The van der Waals surface area contributed by atoms with Gasteiger partial charge < -0.3 is 14.8 Å². The van der Waals surface area contributed by atoms with E-state index in [0.29, 0.717) is 0 Å². The predicted octanol–water partition coefficient (Wildman–Crippen LogP) is 2.51. The van der Waals surface area contributed by atoms with E-state index in [2.05, 4.69) is 5.16 Å². The summed E-state index contributed by atoms with van der Waals surface area (Å²) in [5, 5.41) is 15.0. The second-order valence-electron chi connectivity index (χ2n) is 4.53. The molecule has 0 saturated heterocycles. The van der Waals surface area contributed by atoms with Crippen molar-refractivity contribution < 1.29 is 14.7 Å². The van der Waals surface area contributed by atoms with Gasteiger partial charge in [-0.1, -0.05) is 29.4 Å². The molecule has 0 atom stereocenters. The minimum Gasteiger partial charge on any atom is -0.395 e. The highest BCUT2D eigenvalue weighted by Gasteiger charge is 2.15. The first kappa shape index (κ1) is 16.2. The normalized spacial score (nSPS) is 11.3. The standard InChI is InChI=1S/C16H18N2O3S/c1-13(15-8-5-11-22-15)17-21-12-16(20)18(9-10-19)14-6-3-2-4-7-14/h2-8,11,19H,9-10,12H2,1H3/b17-13-. The molecule has 22 heavy (non-hydrogen) atoms. The van der Waals surface area contributed by atoms with Crippen LogP contribution >= 0.6 is 11.3 Å². The summed E-state index contributed by atoms with van der Waals surface area (Å²) in [5.41, 5.74) is 1.46. The van der Waals surface area contributed by atoms with Crippen molar-refractivity contribution >= 4 is 28.6 Å². The Labute approximate surface area is 133 Å². The lowest BCUT2D eigenvalue weighted by molar-refractivity contribution is -0.123. The molecule has 0 saturated carbocycles. The monoisotopic (exact) mass is 318 g/mol. The van der Waals surface area contributed by atoms with Gasteiger partial charge in [-0.15, -0.1) is 11.3 Å². The molecule has 0 unspecified atom stereocenters. The molecule has 1 N–H and O–H groups in total. The summed E-state index contributed by atoms with van der Waals surface area (Å²) in [6, 6.07) is 13.1. The molecule has 0 aliphatic heterocycles. The van der Waals surface area contributed by atoms with Crippen molar-refractivity contribution in [1.82, 2.24) is 0 Å². The van der Waals surface area contributed by atoms with Crippen LogP contribution in [0, 0.1) is 0 Å². The summed E-state index contributed by atoms with van der Waals surface area (Å²) in [6.45, 7) is 1.77. The Hall–Kier alpha value is -2.18. The average molecular weight is 318 g/mol. The number of aliphatic hydroxyl groups excluding tert-OH is 1. The lowest BCUT2D eigenvalue weighted by Gasteiger charge is -2.21. The van der Waals surface area contributed by atoms with Crippen LogP contribution in [0.5, 0.6) is 0 Å². The number of anilines is 1. The lowest BCUT2D eigenvalue weighted by Crippen LogP contribution is -2.36. The second kappa shape index (κ2) is 8.31. The molecule has 0 radical (unpaired) electrons. The van der Waals surface area contributed by atoms with Crippen molar-refractivity contribution in [2.75, 3.05) is 24.7 Å². The smallest absolute Gasteiger partial charge is 0.267 e. The molecule has 0 aliphatic carbocycles. The summed E-state index contributed by atoms with van der Waals surface area (Å²) in [6.07, 6.45) is 0.